The van der Waals surface area contributed by atoms with Crippen molar-refractivity contribution in [3.8, 4) is 6.07 Å². The Bertz CT molecular complexity index is 586. The first kappa shape index (κ1) is 14.2. The lowest BCUT2D eigenvalue weighted by atomic mass is 10.2. The first-order valence-electron chi connectivity index (χ1n) is 5.41. The van der Waals surface area contributed by atoms with Crippen LogP contribution in [0.1, 0.15) is 18.9 Å². The van der Waals surface area contributed by atoms with Gasteiger partial charge in [0.1, 0.15) is 4.90 Å². The zero-order valence-electron chi connectivity index (χ0n) is 10.1. The van der Waals surface area contributed by atoms with Gasteiger partial charge in [-0.05, 0) is 31.5 Å². The van der Waals surface area contributed by atoms with Crippen molar-refractivity contribution in [1.29, 1.82) is 5.26 Å². The molecule has 18 heavy (non-hydrogen) atoms. The van der Waals surface area contributed by atoms with Crippen LogP contribution in [-0.4, -0.2) is 15.0 Å². The molecule has 96 valence electrons. The number of anilines is 1. The highest BCUT2D eigenvalue weighted by Gasteiger charge is 2.16. The molecular formula is C12H15N3O2S. The van der Waals surface area contributed by atoms with Crippen LogP contribution in [0.2, 0.25) is 0 Å². The Balaban J connectivity index is 2.89. The highest BCUT2D eigenvalue weighted by Crippen LogP contribution is 2.19. The normalized spacial score (nSPS) is 11.6. The molecular weight excluding hydrogens is 250 g/mol. The molecule has 6 heteroatoms. The Hall–Kier alpha value is -1.84. The third kappa shape index (κ3) is 3.58. The molecule has 0 aliphatic heterocycles. The molecule has 0 fully saturated rings. The number of benzene rings is 1. The van der Waals surface area contributed by atoms with E-state index in [1.807, 2.05) is 25.1 Å². The van der Waals surface area contributed by atoms with Crippen molar-refractivity contribution < 1.29 is 8.42 Å². The second kappa shape index (κ2) is 6.19. The van der Waals surface area contributed by atoms with Crippen LogP contribution in [0, 0.1) is 11.3 Å². The van der Waals surface area contributed by atoms with Crippen LogP contribution in [0.5, 0.6) is 0 Å². The van der Waals surface area contributed by atoms with Crippen molar-refractivity contribution in [2.75, 3.05) is 12.3 Å². The summed E-state index contributed by atoms with van der Waals surface area (Å²) < 4.78 is 26.3. The van der Waals surface area contributed by atoms with Crippen LogP contribution in [0.4, 0.5) is 5.69 Å². The van der Waals surface area contributed by atoms with Gasteiger partial charge in [0.15, 0.2) is 0 Å². The largest absolute Gasteiger partial charge is 0.398 e. The van der Waals surface area contributed by atoms with E-state index in [0.29, 0.717) is 18.5 Å². The highest BCUT2D eigenvalue weighted by atomic mass is 32.2. The number of nitrogen functional groups attached to an aromatic ring is 1. The summed E-state index contributed by atoms with van der Waals surface area (Å²) in [5.41, 5.74) is 6.04. The van der Waals surface area contributed by atoms with Crippen molar-refractivity contribution in [3.63, 3.8) is 0 Å². The third-order valence-corrected chi connectivity index (χ3v) is 3.80. The van der Waals surface area contributed by atoms with Gasteiger partial charge >= 0.3 is 0 Å². The maximum Gasteiger partial charge on any atom is 0.242 e. The second-order valence-electron chi connectivity index (χ2n) is 3.62. The molecule has 0 spiro atoms. The molecule has 0 radical (unpaired) electrons. The first-order chi connectivity index (χ1) is 8.51. The van der Waals surface area contributed by atoms with Crippen LogP contribution in [0.15, 0.2) is 35.2 Å². The molecule has 5 nitrogen and oxygen atoms in total. The van der Waals surface area contributed by atoms with Gasteiger partial charge in [0, 0.05) is 6.54 Å². The van der Waals surface area contributed by atoms with Gasteiger partial charge in [0.05, 0.1) is 17.3 Å². The van der Waals surface area contributed by atoms with Crippen molar-refractivity contribution in [3.05, 3.63) is 35.9 Å². The quantitative estimate of drug-likeness (QED) is 0.477. The van der Waals surface area contributed by atoms with Gasteiger partial charge < -0.3 is 5.73 Å². The molecule has 1 rings (SSSR count). The van der Waals surface area contributed by atoms with Crippen molar-refractivity contribution >= 4 is 15.7 Å². The van der Waals surface area contributed by atoms with Gasteiger partial charge in [0.25, 0.3) is 0 Å². The van der Waals surface area contributed by atoms with E-state index in [1.54, 1.807) is 0 Å². The van der Waals surface area contributed by atoms with Gasteiger partial charge in [-0.3, -0.25) is 0 Å². The number of sulfonamides is 1. The van der Waals surface area contributed by atoms with Crippen molar-refractivity contribution in [2.45, 2.75) is 18.2 Å². The lowest BCUT2D eigenvalue weighted by Crippen LogP contribution is -2.25. The molecule has 0 aliphatic rings. The smallest absolute Gasteiger partial charge is 0.242 e. The topological polar surface area (TPSA) is 96.0 Å². The monoisotopic (exact) mass is 265 g/mol. The minimum Gasteiger partial charge on any atom is -0.398 e. The molecule has 1 aromatic carbocycles. The minimum atomic E-state index is -3.61. The summed E-state index contributed by atoms with van der Waals surface area (Å²) in [5, 5.41) is 8.68. The Morgan fingerprint density at radius 3 is 2.78 bits per heavy atom. The molecule has 0 amide bonds. The lowest BCUT2D eigenvalue weighted by molar-refractivity contribution is 0.582. The minimum absolute atomic E-state index is 0.00183. The van der Waals surface area contributed by atoms with Crippen molar-refractivity contribution in [2.24, 2.45) is 0 Å². The molecule has 0 heterocycles. The van der Waals surface area contributed by atoms with Gasteiger partial charge in [-0.15, -0.1) is 0 Å². The molecule has 0 atom stereocenters. The number of rotatable bonds is 5. The van der Waals surface area contributed by atoms with Gasteiger partial charge in [-0.25, -0.2) is 13.1 Å². The number of allylic oxidation sites excluding steroid dienone is 1. The van der Waals surface area contributed by atoms with Gasteiger partial charge in [-0.1, -0.05) is 12.2 Å². The van der Waals surface area contributed by atoms with Crippen molar-refractivity contribution in [1.82, 2.24) is 4.72 Å². The predicted molar refractivity (Wildman–Crippen MR) is 70.2 cm³/mol. The van der Waals surface area contributed by atoms with E-state index in [9.17, 15) is 8.42 Å². The molecule has 3 N–H and O–H groups in total. The average molecular weight is 265 g/mol. The Kier molecular flexibility index (Phi) is 4.89. The van der Waals surface area contributed by atoms with E-state index in [4.69, 9.17) is 11.0 Å². The molecule has 0 bridgehead atoms. The number of nitriles is 1. The Morgan fingerprint density at radius 1 is 1.50 bits per heavy atom. The number of nitrogens with zero attached hydrogens (tertiary/aromatic N) is 1. The molecule has 0 saturated carbocycles. The molecule has 0 aromatic heterocycles. The molecule has 0 unspecified atom stereocenters. The zero-order chi connectivity index (χ0) is 13.6. The number of hydrogen-bond acceptors (Lipinski definition) is 4. The second-order valence-corrected chi connectivity index (χ2v) is 5.36. The highest BCUT2D eigenvalue weighted by molar-refractivity contribution is 7.89. The van der Waals surface area contributed by atoms with E-state index >= 15 is 0 Å². The van der Waals surface area contributed by atoms with Gasteiger partial charge in [0.2, 0.25) is 10.0 Å². The first-order valence-corrected chi connectivity index (χ1v) is 6.90. The summed E-state index contributed by atoms with van der Waals surface area (Å²) in [6.07, 6.45) is 4.33. The van der Waals surface area contributed by atoms with E-state index in [1.165, 1.54) is 18.2 Å². The summed E-state index contributed by atoms with van der Waals surface area (Å²) in [4.78, 5) is 0.00183. The third-order valence-electron chi connectivity index (χ3n) is 2.27. The predicted octanol–water partition coefficient (Wildman–Crippen LogP) is 1.38. The van der Waals surface area contributed by atoms with E-state index < -0.39 is 10.0 Å². The van der Waals surface area contributed by atoms with Crippen LogP contribution in [-0.2, 0) is 10.0 Å². The maximum absolute atomic E-state index is 11.9. The summed E-state index contributed by atoms with van der Waals surface area (Å²) in [7, 11) is -3.61. The molecule has 1 aromatic rings. The summed E-state index contributed by atoms with van der Waals surface area (Å²) in [6, 6.07) is 6.02. The number of nitrogens with two attached hydrogens (primary N) is 1. The van der Waals surface area contributed by atoms with Crippen LogP contribution in [0.3, 0.4) is 0 Å². The Morgan fingerprint density at radius 2 is 2.22 bits per heavy atom. The fourth-order valence-corrected chi connectivity index (χ4v) is 2.54. The number of nitrogens with one attached hydrogen (secondary N) is 1. The summed E-state index contributed by atoms with van der Waals surface area (Å²) in [6.45, 7) is 2.18. The molecule has 0 saturated heterocycles. The van der Waals surface area contributed by atoms with Crippen LogP contribution >= 0.6 is 0 Å². The zero-order valence-corrected chi connectivity index (χ0v) is 10.9. The fourth-order valence-electron chi connectivity index (χ4n) is 1.38. The van der Waals surface area contributed by atoms with Crippen LogP contribution in [0.25, 0.3) is 0 Å². The SMILES string of the molecule is C/C=C/CCNS(=O)(=O)c1ccc(C#N)cc1N. The fraction of sp³-hybridized carbons (Fsp3) is 0.250. The summed E-state index contributed by atoms with van der Waals surface area (Å²) >= 11 is 0. The van der Waals surface area contributed by atoms with Crippen LogP contribution < -0.4 is 10.5 Å². The summed E-state index contributed by atoms with van der Waals surface area (Å²) in [5.74, 6) is 0. The van der Waals surface area contributed by atoms with E-state index in [-0.39, 0.29) is 10.6 Å². The Labute approximate surface area is 107 Å². The maximum atomic E-state index is 11.9. The number of hydrogen-bond donors (Lipinski definition) is 2. The molecule has 0 aliphatic carbocycles. The average Bonchev–Trinajstić information content (AvgIpc) is 2.34. The lowest BCUT2D eigenvalue weighted by Gasteiger charge is -2.08. The standard InChI is InChI=1S/C12H15N3O2S/c1-2-3-4-7-15-18(16,17)12-6-5-10(9-13)8-11(12)14/h2-3,5-6,8,15H,4,7,14H2,1H3/b3-2+. The van der Waals surface area contributed by atoms with Gasteiger partial charge in [-0.2, -0.15) is 5.26 Å². The van der Waals surface area contributed by atoms with E-state index in [2.05, 4.69) is 4.72 Å². The van der Waals surface area contributed by atoms with E-state index in [0.717, 1.165) is 0 Å².